The molecule has 154 valence electrons. The summed E-state index contributed by atoms with van der Waals surface area (Å²) in [5.74, 6) is 0.373. The number of nitrogens with zero attached hydrogens (tertiary/aromatic N) is 3. The Labute approximate surface area is 171 Å². The third-order valence-corrected chi connectivity index (χ3v) is 5.28. The standard InChI is InChI=1S/C22H28N4O3/c1-16-5-4-12-25(14-16)15-17-6-8-18(9-7-17)23-22(27)20-13-19(26(28)29)10-11-21(20)24(2)3/h6-11,13,16H,4-5,12,14-15H2,1-3H3,(H,23,27). The van der Waals surface area contributed by atoms with Gasteiger partial charge in [0.25, 0.3) is 11.6 Å². The molecule has 0 bridgehead atoms. The van der Waals surface area contributed by atoms with Gasteiger partial charge in [-0.1, -0.05) is 19.1 Å². The normalized spacial score (nSPS) is 17.0. The van der Waals surface area contributed by atoms with Crippen LogP contribution in [-0.4, -0.2) is 42.9 Å². The van der Waals surface area contributed by atoms with E-state index in [0.29, 0.717) is 11.4 Å². The molecular weight excluding hydrogens is 368 g/mol. The lowest BCUT2D eigenvalue weighted by atomic mass is 10.00. The molecule has 1 saturated heterocycles. The number of nitro groups is 1. The minimum Gasteiger partial charge on any atom is -0.377 e. The van der Waals surface area contributed by atoms with Crippen LogP contribution in [0.3, 0.4) is 0 Å². The van der Waals surface area contributed by atoms with Crippen molar-refractivity contribution in [3.8, 4) is 0 Å². The predicted octanol–water partition coefficient (Wildman–Crippen LogP) is 4.15. The molecule has 29 heavy (non-hydrogen) atoms. The Hall–Kier alpha value is -2.93. The second kappa shape index (κ2) is 9.05. The Bertz CT molecular complexity index is 880. The van der Waals surface area contributed by atoms with Crippen LogP contribution in [0.2, 0.25) is 0 Å². The van der Waals surface area contributed by atoms with Crippen molar-refractivity contribution in [1.82, 2.24) is 4.90 Å². The number of benzene rings is 2. The van der Waals surface area contributed by atoms with Crippen molar-refractivity contribution in [3.63, 3.8) is 0 Å². The van der Waals surface area contributed by atoms with Crippen LogP contribution in [0.1, 0.15) is 35.7 Å². The second-order valence-electron chi connectivity index (χ2n) is 7.99. The molecule has 0 radical (unpaired) electrons. The summed E-state index contributed by atoms with van der Waals surface area (Å²) in [7, 11) is 3.60. The highest BCUT2D eigenvalue weighted by Crippen LogP contribution is 2.25. The van der Waals surface area contributed by atoms with Gasteiger partial charge >= 0.3 is 0 Å². The van der Waals surface area contributed by atoms with Gasteiger partial charge < -0.3 is 10.2 Å². The van der Waals surface area contributed by atoms with Crippen molar-refractivity contribution in [2.75, 3.05) is 37.4 Å². The average molecular weight is 396 g/mol. The maximum Gasteiger partial charge on any atom is 0.270 e. The number of hydrogen-bond acceptors (Lipinski definition) is 5. The zero-order chi connectivity index (χ0) is 21.0. The molecular formula is C22H28N4O3. The number of likely N-dealkylation sites (tertiary alicyclic amines) is 1. The molecule has 0 saturated carbocycles. The Kier molecular flexibility index (Phi) is 6.49. The second-order valence-corrected chi connectivity index (χ2v) is 7.99. The monoisotopic (exact) mass is 396 g/mol. The molecule has 1 atom stereocenters. The lowest BCUT2D eigenvalue weighted by Crippen LogP contribution is -2.33. The van der Waals surface area contributed by atoms with E-state index < -0.39 is 4.92 Å². The first-order valence-corrected chi connectivity index (χ1v) is 9.92. The molecule has 2 aromatic rings. The summed E-state index contributed by atoms with van der Waals surface area (Å²) in [5, 5.41) is 13.9. The number of non-ortho nitro benzene ring substituents is 1. The first kappa shape index (κ1) is 20.8. The van der Waals surface area contributed by atoms with Crippen molar-refractivity contribution in [2.45, 2.75) is 26.3 Å². The van der Waals surface area contributed by atoms with Crippen LogP contribution < -0.4 is 10.2 Å². The number of hydrogen-bond donors (Lipinski definition) is 1. The lowest BCUT2D eigenvalue weighted by molar-refractivity contribution is -0.384. The zero-order valence-corrected chi connectivity index (χ0v) is 17.2. The summed E-state index contributed by atoms with van der Waals surface area (Å²) in [6.45, 7) is 5.45. The maximum atomic E-state index is 12.8. The summed E-state index contributed by atoms with van der Waals surface area (Å²) in [6, 6.07) is 12.1. The molecule has 1 aliphatic heterocycles. The van der Waals surface area contributed by atoms with E-state index in [1.54, 1.807) is 25.1 Å². The van der Waals surface area contributed by atoms with Gasteiger partial charge in [0.05, 0.1) is 10.5 Å². The van der Waals surface area contributed by atoms with Gasteiger partial charge in [-0.25, -0.2) is 0 Å². The van der Waals surface area contributed by atoms with Gasteiger partial charge in [0.15, 0.2) is 0 Å². The quantitative estimate of drug-likeness (QED) is 0.586. The van der Waals surface area contributed by atoms with E-state index in [4.69, 9.17) is 0 Å². The van der Waals surface area contributed by atoms with Crippen LogP contribution in [0.15, 0.2) is 42.5 Å². The molecule has 1 unspecified atom stereocenters. The average Bonchev–Trinajstić information content (AvgIpc) is 2.69. The van der Waals surface area contributed by atoms with Crippen LogP contribution in [-0.2, 0) is 6.54 Å². The molecule has 1 fully saturated rings. The molecule has 7 nitrogen and oxygen atoms in total. The van der Waals surface area contributed by atoms with E-state index in [0.717, 1.165) is 25.6 Å². The van der Waals surface area contributed by atoms with Crippen molar-refractivity contribution in [1.29, 1.82) is 0 Å². The molecule has 2 aromatic carbocycles. The lowest BCUT2D eigenvalue weighted by Gasteiger charge is -2.30. The smallest absolute Gasteiger partial charge is 0.270 e. The number of anilines is 2. The summed E-state index contributed by atoms with van der Waals surface area (Å²) >= 11 is 0. The topological polar surface area (TPSA) is 78.7 Å². The van der Waals surface area contributed by atoms with Gasteiger partial charge in [-0.05, 0) is 49.1 Å². The van der Waals surface area contributed by atoms with Crippen LogP contribution in [0, 0.1) is 16.0 Å². The molecule has 1 heterocycles. The van der Waals surface area contributed by atoms with Gasteiger partial charge in [-0.2, -0.15) is 0 Å². The third kappa shape index (κ3) is 5.32. The predicted molar refractivity (Wildman–Crippen MR) is 115 cm³/mol. The van der Waals surface area contributed by atoms with Gasteiger partial charge in [0.2, 0.25) is 0 Å². The van der Waals surface area contributed by atoms with Gasteiger partial charge in [0, 0.05) is 50.7 Å². The van der Waals surface area contributed by atoms with Crippen LogP contribution in [0.4, 0.5) is 17.1 Å². The fourth-order valence-corrected chi connectivity index (χ4v) is 3.79. The number of rotatable bonds is 6. The Morgan fingerprint density at radius 1 is 1.24 bits per heavy atom. The van der Waals surface area contributed by atoms with E-state index >= 15 is 0 Å². The minimum atomic E-state index is -0.494. The molecule has 0 aliphatic carbocycles. The molecule has 1 amide bonds. The van der Waals surface area contributed by atoms with E-state index in [1.807, 2.05) is 24.3 Å². The third-order valence-electron chi connectivity index (χ3n) is 5.28. The number of carbonyl (C=O) groups is 1. The van der Waals surface area contributed by atoms with Gasteiger partial charge in [-0.15, -0.1) is 0 Å². The summed E-state index contributed by atoms with van der Waals surface area (Å²) in [4.78, 5) is 27.6. The summed E-state index contributed by atoms with van der Waals surface area (Å²) in [5.41, 5.74) is 2.68. The van der Waals surface area contributed by atoms with Crippen LogP contribution in [0.25, 0.3) is 0 Å². The number of piperidine rings is 1. The van der Waals surface area contributed by atoms with Crippen molar-refractivity contribution in [3.05, 3.63) is 63.7 Å². The molecule has 1 N–H and O–H groups in total. The molecule has 3 rings (SSSR count). The van der Waals surface area contributed by atoms with Gasteiger partial charge in [0.1, 0.15) is 0 Å². The Morgan fingerprint density at radius 2 is 1.97 bits per heavy atom. The van der Waals surface area contributed by atoms with E-state index in [1.165, 1.54) is 30.5 Å². The van der Waals surface area contributed by atoms with E-state index in [2.05, 4.69) is 17.1 Å². The molecule has 7 heteroatoms. The van der Waals surface area contributed by atoms with Crippen LogP contribution in [0.5, 0.6) is 0 Å². The molecule has 0 aromatic heterocycles. The zero-order valence-electron chi connectivity index (χ0n) is 17.2. The first-order valence-electron chi connectivity index (χ1n) is 9.92. The fraction of sp³-hybridized carbons (Fsp3) is 0.409. The van der Waals surface area contributed by atoms with Crippen molar-refractivity contribution < 1.29 is 9.72 Å². The highest BCUT2D eigenvalue weighted by Gasteiger charge is 2.19. The van der Waals surface area contributed by atoms with Crippen molar-refractivity contribution in [2.24, 2.45) is 5.92 Å². The fourth-order valence-electron chi connectivity index (χ4n) is 3.79. The number of nitro benzene ring substituents is 1. The number of nitrogens with one attached hydrogen (secondary N) is 1. The van der Waals surface area contributed by atoms with Gasteiger partial charge in [-0.3, -0.25) is 19.8 Å². The number of carbonyl (C=O) groups excluding carboxylic acids is 1. The number of amides is 1. The summed E-state index contributed by atoms with van der Waals surface area (Å²) in [6.07, 6.45) is 2.54. The largest absolute Gasteiger partial charge is 0.377 e. The van der Waals surface area contributed by atoms with E-state index in [9.17, 15) is 14.9 Å². The Morgan fingerprint density at radius 3 is 2.59 bits per heavy atom. The van der Waals surface area contributed by atoms with Crippen LogP contribution >= 0.6 is 0 Å². The highest BCUT2D eigenvalue weighted by molar-refractivity contribution is 6.08. The van der Waals surface area contributed by atoms with E-state index in [-0.39, 0.29) is 17.2 Å². The Balaban J connectivity index is 1.70. The first-order chi connectivity index (χ1) is 13.8. The minimum absolute atomic E-state index is 0.105. The molecule has 1 aliphatic rings. The summed E-state index contributed by atoms with van der Waals surface area (Å²) < 4.78 is 0. The molecule has 0 spiro atoms. The maximum absolute atomic E-state index is 12.8. The van der Waals surface area contributed by atoms with Crippen molar-refractivity contribution >= 4 is 23.0 Å². The SMILES string of the molecule is CC1CCCN(Cc2ccc(NC(=O)c3cc([N+](=O)[O-])ccc3N(C)C)cc2)C1. The highest BCUT2D eigenvalue weighted by atomic mass is 16.6.